The van der Waals surface area contributed by atoms with Gasteiger partial charge in [0.15, 0.2) is 0 Å². The third kappa shape index (κ3) is 8.05. The number of fused-ring (bicyclic) bond motifs is 1. The van der Waals surface area contributed by atoms with Crippen LogP contribution in [-0.4, -0.2) is 53.0 Å². The predicted octanol–water partition coefficient (Wildman–Crippen LogP) is 4.21. The summed E-state index contributed by atoms with van der Waals surface area (Å²) in [4.78, 5) is 36.2. The lowest BCUT2D eigenvalue weighted by molar-refractivity contribution is -0.136. The van der Waals surface area contributed by atoms with Crippen LogP contribution in [0.3, 0.4) is 0 Å². The lowest BCUT2D eigenvalue weighted by atomic mass is 10.1. The maximum Gasteiger partial charge on any atom is 0.305 e. The molecule has 3 N–H and O–H groups in total. The molecule has 8 nitrogen and oxygen atoms in total. The summed E-state index contributed by atoms with van der Waals surface area (Å²) < 4.78 is 5.64. The van der Waals surface area contributed by atoms with Crippen molar-refractivity contribution in [3.63, 3.8) is 0 Å². The molecule has 39 heavy (non-hydrogen) atoms. The highest BCUT2D eigenvalue weighted by atomic mass is 35.5. The Hall–Kier alpha value is -3.88. The number of nitrogens with zero attached hydrogens (tertiary/aromatic N) is 1. The summed E-state index contributed by atoms with van der Waals surface area (Å²) in [7, 11) is 0. The third-order valence-corrected chi connectivity index (χ3v) is 6.84. The van der Waals surface area contributed by atoms with Gasteiger partial charge in [-0.05, 0) is 72.4 Å². The van der Waals surface area contributed by atoms with Gasteiger partial charge in [0.05, 0.1) is 13.0 Å². The number of carboxylic acids is 1. The van der Waals surface area contributed by atoms with E-state index in [0.29, 0.717) is 35.9 Å². The van der Waals surface area contributed by atoms with Gasteiger partial charge in [-0.25, -0.2) is 5.01 Å². The van der Waals surface area contributed by atoms with Crippen molar-refractivity contribution >= 4 is 29.4 Å². The molecule has 0 spiro atoms. The minimum absolute atomic E-state index is 0.0679. The van der Waals surface area contributed by atoms with Gasteiger partial charge in [0, 0.05) is 36.1 Å². The molecule has 3 aromatic rings. The van der Waals surface area contributed by atoms with E-state index in [1.807, 2.05) is 29.3 Å². The molecular formula is C30H32ClN3O5. The molecule has 2 amide bonds. The van der Waals surface area contributed by atoms with Crippen molar-refractivity contribution in [1.82, 2.24) is 15.8 Å². The first-order valence-corrected chi connectivity index (χ1v) is 13.5. The summed E-state index contributed by atoms with van der Waals surface area (Å²) in [6, 6.07) is 22.5. The summed E-state index contributed by atoms with van der Waals surface area (Å²) in [5.41, 5.74) is 7.55. The molecule has 4 rings (SSSR count). The topological polar surface area (TPSA) is 108 Å². The van der Waals surface area contributed by atoms with E-state index in [-0.39, 0.29) is 30.8 Å². The van der Waals surface area contributed by atoms with Crippen molar-refractivity contribution < 1.29 is 24.2 Å². The Kier molecular flexibility index (Phi) is 9.94. The van der Waals surface area contributed by atoms with Crippen molar-refractivity contribution in [2.45, 2.75) is 38.3 Å². The molecule has 0 radical (unpaired) electrons. The van der Waals surface area contributed by atoms with Crippen LogP contribution in [0.25, 0.3) is 0 Å². The van der Waals surface area contributed by atoms with E-state index in [4.69, 9.17) is 21.4 Å². The largest absolute Gasteiger partial charge is 0.494 e. The van der Waals surface area contributed by atoms with Gasteiger partial charge in [0.2, 0.25) is 0 Å². The number of carboxylic acid groups (broad SMARTS) is 1. The Morgan fingerprint density at radius 3 is 2.13 bits per heavy atom. The first kappa shape index (κ1) is 28.1. The fraction of sp³-hybridized carbons (Fsp3) is 0.300. The van der Waals surface area contributed by atoms with Crippen molar-refractivity contribution in [1.29, 1.82) is 0 Å². The van der Waals surface area contributed by atoms with E-state index in [9.17, 15) is 14.4 Å². The second kappa shape index (κ2) is 13.8. The molecule has 0 fully saturated rings. The second-order valence-electron chi connectivity index (χ2n) is 9.41. The molecule has 0 atom stereocenters. The number of carbonyl (C=O) groups excluding carboxylic acids is 2. The quantitative estimate of drug-likeness (QED) is 0.167. The van der Waals surface area contributed by atoms with Crippen LogP contribution < -0.4 is 15.5 Å². The Bertz CT molecular complexity index is 1260. The zero-order valence-corrected chi connectivity index (χ0v) is 22.3. The SMILES string of the molecule is O=C(O)CCNC(=O)c1ccc(CN(NC(=O)c2ccc(OCCCCl)cc2)C2Cc3ccccc3C2)cc1. The highest BCUT2D eigenvalue weighted by molar-refractivity contribution is 6.17. The highest BCUT2D eigenvalue weighted by Gasteiger charge is 2.28. The summed E-state index contributed by atoms with van der Waals surface area (Å²) in [6.45, 7) is 1.04. The van der Waals surface area contributed by atoms with Crippen LogP contribution in [0.5, 0.6) is 5.75 Å². The number of halogens is 1. The summed E-state index contributed by atoms with van der Waals surface area (Å²) in [6.07, 6.45) is 2.24. The number of benzene rings is 3. The number of aliphatic carboxylic acids is 1. The molecule has 0 saturated carbocycles. The predicted molar refractivity (Wildman–Crippen MR) is 149 cm³/mol. The Labute approximate surface area is 232 Å². The smallest absolute Gasteiger partial charge is 0.305 e. The number of carbonyl (C=O) groups is 3. The Morgan fingerprint density at radius 1 is 0.897 bits per heavy atom. The van der Waals surface area contributed by atoms with Crippen LogP contribution in [0.2, 0.25) is 0 Å². The van der Waals surface area contributed by atoms with Gasteiger partial charge in [0.25, 0.3) is 11.8 Å². The molecule has 0 heterocycles. The van der Waals surface area contributed by atoms with E-state index in [2.05, 4.69) is 22.9 Å². The van der Waals surface area contributed by atoms with Gasteiger partial charge in [-0.2, -0.15) is 0 Å². The van der Waals surface area contributed by atoms with E-state index >= 15 is 0 Å². The molecular weight excluding hydrogens is 518 g/mol. The van der Waals surface area contributed by atoms with Gasteiger partial charge < -0.3 is 15.2 Å². The first-order valence-electron chi connectivity index (χ1n) is 12.9. The highest BCUT2D eigenvalue weighted by Crippen LogP contribution is 2.26. The van der Waals surface area contributed by atoms with Crippen LogP contribution >= 0.6 is 11.6 Å². The third-order valence-electron chi connectivity index (χ3n) is 6.57. The van der Waals surface area contributed by atoms with Crippen LogP contribution in [0.1, 0.15) is 50.2 Å². The number of hydrazine groups is 1. The Morgan fingerprint density at radius 2 is 1.51 bits per heavy atom. The number of hydrogen-bond acceptors (Lipinski definition) is 5. The average Bonchev–Trinajstić information content (AvgIpc) is 3.38. The molecule has 0 bridgehead atoms. The van der Waals surface area contributed by atoms with E-state index in [1.165, 1.54) is 11.1 Å². The first-order chi connectivity index (χ1) is 18.9. The van der Waals surface area contributed by atoms with Crippen molar-refractivity contribution in [2.75, 3.05) is 19.0 Å². The molecule has 0 unspecified atom stereocenters. The fourth-order valence-corrected chi connectivity index (χ4v) is 4.61. The lowest BCUT2D eigenvalue weighted by Gasteiger charge is -2.29. The van der Waals surface area contributed by atoms with Crippen molar-refractivity contribution in [2.24, 2.45) is 0 Å². The zero-order chi connectivity index (χ0) is 27.6. The number of alkyl halides is 1. The Balaban J connectivity index is 1.44. The lowest BCUT2D eigenvalue weighted by Crippen LogP contribution is -2.48. The van der Waals surface area contributed by atoms with E-state index in [1.54, 1.807) is 36.4 Å². The molecule has 0 aliphatic heterocycles. The maximum absolute atomic E-state index is 13.2. The monoisotopic (exact) mass is 549 g/mol. The number of hydrogen-bond donors (Lipinski definition) is 3. The maximum atomic E-state index is 13.2. The molecule has 3 aromatic carbocycles. The van der Waals surface area contributed by atoms with Gasteiger partial charge in [-0.3, -0.25) is 19.8 Å². The standard InChI is InChI=1S/C30H32ClN3O5/c31-15-3-17-39-27-12-10-23(11-13-27)30(38)33-34(26-18-24-4-1-2-5-25(24)19-26)20-21-6-8-22(9-7-21)29(37)32-16-14-28(35)36/h1-2,4-13,26H,3,14-20H2,(H,32,37)(H,33,38)(H,35,36). The number of nitrogens with one attached hydrogen (secondary N) is 2. The number of amides is 2. The normalized spacial score (nSPS) is 12.7. The number of ether oxygens (including phenoxy) is 1. The van der Waals surface area contributed by atoms with Crippen molar-refractivity contribution in [3.05, 3.63) is 101 Å². The number of rotatable bonds is 13. The minimum atomic E-state index is -0.964. The molecule has 0 aromatic heterocycles. The average molecular weight is 550 g/mol. The molecule has 204 valence electrons. The van der Waals surface area contributed by atoms with E-state index < -0.39 is 5.97 Å². The molecule has 1 aliphatic carbocycles. The summed E-state index contributed by atoms with van der Waals surface area (Å²) in [5.74, 6) is -0.286. The van der Waals surface area contributed by atoms with Crippen LogP contribution in [0, 0.1) is 0 Å². The molecule has 9 heteroatoms. The van der Waals surface area contributed by atoms with Gasteiger partial charge >= 0.3 is 5.97 Å². The zero-order valence-electron chi connectivity index (χ0n) is 21.6. The summed E-state index contributed by atoms with van der Waals surface area (Å²) >= 11 is 5.70. The van der Waals surface area contributed by atoms with Crippen LogP contribution in [-0.2, 0) is 24.2 Å². The van der Waals surface area contributed by atoms with E-state index in [0.717, 1.165) is 24.8 Å². The summed E-state index contributed by atoms with van der Waals surface area (Å²) in [5, 5.41) is 13.3. The fourth-order valence-electron chi connectivity index (χ4n) is 4.50. The minimum Gasteiger partial charge on any atom is -0.494 e. The van der Waals surface area contributed by atoms with Gasteiger partial charge in [-0.15, -0.1) is 11.6 Å². The molecule has 1 aliphatic rings. The van der Waals surface area contributed by atoms with Crippen LogP contribution in [0.4, 0.5) is 0 Å². The molecule has 0 saturated heterocycles. The second-order valence-corrected chi connectivity index (χ2v) is 9.79. The van der Waals surface area contributed by atoms with Gasteiger partial charge in [0.1, 0.15) is 5.75 Å². The van der Waals surface area contributed by atoms with Crippen molar-refractivity contribution in [3.8, 4) is 5.75 Å². The van der Waals surface area contributed by atoms with Crippen LogP contribution in [0.15, 0.2) is 72.8 Å². The van der Waals surface area contributed by atoms with Gasteiger partial charge in [-0.1, -0.05) is 36.4 Å².